The molecule has 0 bridgehead atoms. The fraction of sp³-hybridized carbons (Fsp3) is 0.235. The number of benzene rings is 2. The normalized spacial score (nSPS) is 10.0. The first-order valence-electron chi connectivity index (χ1n) is 7.12. The molecule has 0 atom stereocenters. The summed E-state index contributed by atoms with van der Waals surface area (Å²) in [5.74, 6) is 0. The van der Waals surface area contributed by atoms with Gasteiger partial charge in [-0.2, -0.15) is 0 Å². The molecule has 0 aliphatic carbocycles. The molecule has 2 aromatic rings. The Kier molecular flexibility index (Phi) is 5.21. The van der Waals surface area contributed by atoms with Crippen LogP contribution in [0.2, 0.25) is 0 Å². The van der Waals surface area contributed by atoms with Crippen molar-refractivity contribution >= 4 is 17.4 Å². The molecule has 0 fully saturated rings. The Hall–Kier alpha value is -2.49. The van der Waals surface area contributed by atoms with Gasteiger partial charge in [-0.1, -0.05) is 31.2 Å². The standard InChI is InChI=1S/C17H21N3O/c1-3-13-6-4-5-7-14(13)12-19-15-8-10-16(11-9-15)20-17(21)18-2/h4-11,19H,3,12H2,1-2H3,(H2,18,20,21). The van der Waals surface area contributed by atoms with Crippen LogP contribution in [0, 0.1) is 0 Å². The second-order valence-corrected chi connectivity index (χ2v) is 4.76. The molecule has 110 valence electrons. The van der Waals surface area contributed by atoms with Crippen molar-refractivity contribution in [3.63, 3.8) is 0 Å². The maximum absolute atomic E-state index is 11.2. The quantitative estimate of drug-likeness (QED) is 0.785. The van der Waals surface area contributed by atoms with Gasteiger partial charge in [0.2, 0.25) is 0 Å². The van der Waals surface area contributed by atoms with Gasteiger partial charge < -0.3 is 16.0 Å². The zero-order chi connectivity index (χ0) is 15.1. The van der Waals surface area contributed by atoms with Crippen molar-refractivity contribution in [2.24, 2.45) is 0 Å². The molecule has 0 saturated heterocycles. The highest BCUT2D eigenvalue weighted by Crippen LogP contribution is 2.16. The minimum atomic E-state index is -0.215. The molecule has 0 heterocycles. The van der Waals surface area contributed by atoms with Crippen molar-refractivity contribution < 1.29 is 4.79 Å². The van der Waals surface area contributed by atoms with Gasteiger partial charge in [-0.15, -0.1) is 0 Å². The van der Waals surface area contributed by atoms with E-state index in [2.05, 4.69) is 47.1 Å². The molecule has 0 radical (unpaired) electrons. The van der Waals surface area contributed by atoms with Crippen molar-refractivity contribution in [2.75, 3.05) is 17.7 Å². The van der Waals surface area contributed by atoms with E-state index in [1.54, 1.807) is 7.05 Å². The van der Waals surface area contributed by atoms with Gasteiger partial charge in [0, 0.05) is 25.0 Å². The lowest BCUT2D eigenvalue weighted by atomic mass is 10.1. The predicted molar refractivity (Wildman–Crippen MR) is 87.7 cm³/mol. The molecule has 3 N–H and O–H groups in total. The Morgan fingerprint density at radius 2 is 1.57 bits per heavy atom. The number of rotatable bonds is 5. The molecule has 0 spiro atoms. The zero-order valence-corrected chi connectivity index (χ0v) is 12.4. The number of aryl methyl sites for hydroxylation is 1. The Labute approximate surface area is 125 Å². The molecule has 2 aromatic carbocycles. The first kappa shape index (κ1) is 14.9. The summed E-state index contributed by atoms with van der Waals surface area (Å²) in [5, 5.41) is 8.66. The first-order chi connectivity index (χ1) is 10.2. The molecule has 21 heavy (non-hydrogen) atoms. The summed E-state index contributed by atoms with van der Waals surface area (Å²) in [6, 6.07) is 15.9. The van der Waals surface area contributed by atoms with Crippen LogP contribution in [0.5, 0.6) is 0 Å². The van der Waals surface area contributed by atoms with Gasteiger partial charge in [-0.25, -0.2) is 4.79 Å². The number of hydrogen-bond donors (Lipinski definition) is 3. The number of carbonyl (C=O) groups excluding carboxylic acids is 1. The molecule has 0 aliphatic heterocycles. The average Bonchev–Trinajstić information content (AvgIpc) is 2.54. The maximum Gasteiger partial charge on any atom is 0.318 e. The molecule has 0 aromatic heterocycles. The molecule has 2 rings (SSSR count). The van der Waals surface area contributed by atoms with Crippen LogP contribution in [0.15, 0.2) is 48.5 Å². The third kappa shape index (κ3) is 4.24. The fourth-order valence-corrected chi connectivity index (χ4v) is 2.14. The largest absolute Gasteiger partial charge is 0.381 e. The molecule has 0 unspecified atom stereocenters. The lowest BCUT2D eigenvalue weighted by Gasteiger charge is -2.11. The van der Waals surface area contributed by atoms with Crippen LogP contribution in [0.1, 0.15) is 18.1 Å². The van der Waals surface area contributed by atoms with Gasteiger partial charge in [0.15, 0.2) is 0 Å². The third-order valence-corrected chi connectivity index (χ3v) is 3.35. The van der Waals surface area contributed by atoms with Crippen molar-refractivity contribution in [2.45, 2.75) is 19.9 Å². The van der Waals surface area contributed by atoms with Crippen LogP contribution in [0.3, 0.4) is 0 Å². The van der Waals surface area contributed by atoms with Gasteiger partial charge in [0.05, 0.1) is 0 Å². The number of nitrogens with one attached hydrogen (secondary N) is 3. The second-order valence-electron chi connectivity index (χ2n) is 4.76. The molecular formula is C17H21N3O. The lowest BCUT2D eigenvalue weighted by Crippen LogP contribution is -2.24. The monoisotopic (exact) mass is 283 g/mol. The van der Waals surface area contributed by atoms with Crippen LogP contribution in [0.4, 0.5) is 16.2 Å². The van der Waals surface area contributed by atoms with Crippen LogP contribution >= 0.6 is 0 Å². The Bertz CT molecular complexity index is 593. The molecule has 4 heteroatoms. The topological polar surface area (TPSA) is 53.2 Å². The predicted octanol–water partition coefficient (Wildman–Crippen LogP) is 3.61. The Morgan fingerprint density at radius 1 is 0.952 bits per heavy atom. The van der Waals surface area contributed by atoms with E-state index < -0.39 is 0 Å². The van der Waals surface area contributed by atoms with E-state index in [9.17, 15) is 4.79 Å². The van der Waals surface area contributed by atoms with Gasteiger partial charge in [0.1, 0.15) is 0 Å². The van der Waals surface area contributed by atoms with Gasteiger partial charge >= 0.3 is 6.03 Å². The summed E-state index contributed by atoms with van der Waals surface area (Å²) in [6.07, 6.45) is 1.03. The minimum absolute atomic E-state index is 0.215. The lowest BCUT2D eigenvalue weighted by molar-refractivity contribution is 0.254. The SMILES string of the molecule is CCc1ccccc1CNc1ccc(NC(=O)NC)cc1. The van der Waals surface area contributed by atoms with Gasteiger partial charge in [0.25, 0.3) is 0 Å². The Balaban J connectivity index is 1.96. The van der Waals surface area contributed by atoms with E-state index >= 15 is 0 Å². The van der Waals surface area contributed by atoms with Crippen LogP contribution < -0.4 is 16.0 Å². The van der Waals surface area contributed by atoms with Crippen molar-refractivity contribution in [3.8, 4) is 0 Å². The number of hydrogen-bond acceptors (Lipinski definition) is 2. The van der Waals surface area contributed by atoms with Crippen molar-refractivity contribution in [1.29, 1.82) is 0 Å². The van der Waals surface area contributed by atoms with E-state index in [0.29, 0.717) is 0 Å². The van der Waals surface area contributed by atoms with Gasteiger partial charge in [-0.3, -0.25) is 0 Å². The summed E-state index contributed by atoms with van der Waals surface area (Å²) < 4.78 is 0. The highest BCUT2D eigenvalue weighted by Gasteiger charge is 2.01. The summed E-state index contributed by atoms with van der Waals surface area (Å²) >= 11 is 0. The Morgan fingerprint density at radius 3 is 2.19 bits per heavy atom. The number of anilines is 2. The molecule has 0 aliphatic rings. The van der Waals surface area contributed by atoms with E-state index in [1.165, 1.54) is 11.1 Å². The number of urea groups is 1. The summed E-state index contributed by atoms with van der Waals surface area (Å²) in [7, 11) is 1.59. The molecule has 4 nitrogen and oxygen atoms in total. The van der Waals surface area contributed by atoms with Crippen LogP contribution in [-0.4, -0.2) is 13.1 Å². The van der Waals surface area contributed by atoms with Crippen LogP contribution in [-0.2, 0) is 13.0 Å². The van der Waals surface area contributed by atoms with E-state index in [0.717, 1.165) is 24.3 Å². The highest BCUT2D eigenvalue weighted by molar-refractivity contribution is 5.89. The maximum atomic E-state index is 11.2. The number of carbonyl (C=O) groups is 1. The van der Waals surface area contributed by atoms with Crippen molar-refractivity contribution in [3.05, 3.63) is 59.7 Å². The summed E-state index contributed by atoms with van der Waals surface area (Å²) in [5.41, 5.74) is 4.48. The smallest absolute Gasteiger partial charge is 0.318 e. The zero-order valence-electron chi connectivity index (χ0n) is 12.4. The summed E-state index contributed by atoms with van der Waals surface area (Å²) in [6.45, 7) is 2.96. The van der Waals surface area contributed by atoms with Gasteiger partial charge in [-0.05, 0) is 41.8 Å². The average molecular weight is 283 g/mol. The highest BCUT2D eigenvalue weighted by atomic mass is 16.2. The molecule has 0 saturated carbocycles. The van der Waals surface area contributed by atoms with Crippen LogP contribution in [0.25, 0.3) is 0 Å². The molecular weight excluding hydrogens is 262 g/mol. The van der Waals surface area contributed by atoms with E-state index in [4.69, 9.17) is 0 Å². The second kappa shape index (κ2) is 7.33. The summed E-state index contributed by atoms with van der Waals surface area (Å²) in [4.78, 5) is 11.2. The third-order valence-electron chi connectivity index (χ3n) is 3.35. The fourth-order valence-electron chi connectivity index (χ4n) is 2.14. The van der Waals surface area contributed by atoms with E-state index in [-0.39, 0.29) is 6.03 Å². The minimum Gasteiger partial charge on any atom is -0.381 e. The first-order valence-corrected chi connectivity index (χ1v) is 7.12. The van der Waals surface area contributed by atoms with E-state index in [1.807, 2.05) is 24.3 Å². The molecule has 2 amide bonds. The van der Waals surface area contributed by atoms with Crippen molar-refractivity contribution in [1.82, 2.24) is 5.32 Å². The number of amides is 2.